The van der Waals surface area contributed by atoms with Crippen LogP contribution in [0.15, 0.2) is 0 Å². The molecular formula is C10H23NO. The van der Waals surface area contributed by atoms with Gasteiger partial charge in [0.1, 0.15) is 0 Å². The molecule has 0 aromatic heterocycles. The molecule has 2 heteroatoms. The summed E-state index contributed by atoms with van der Waals surface area (Å²) in [6.45, 7) is 9.06. The molecule has 0 heterocycles. The molecule has 2 atom stereocenters. The van der Waals surface area contributed by atoms with Gasteiger partial charge in [0.05, 0.1) is 6.10 Å². The lowest BCUT2D eigenvalue weighted by Crippen LogP contribution is -2.32. The van der Waals surface area contributed by atoms with Crippen molar-refractivity contribution in [1.82, 2.24) is 0 Å². The average Bonchev–Trinajstić information content (AvgIpc) is 1.85. The standard InChI is InChI=1S/C10H23NO/c1-7(2)5-10(12)9(6-11)8(3)4/h7-10,12H,5-6,11H2,1-4H3. The number of hydrogen-bond acceptors (Lipinski definition) is 2. The first-order valence-corrected chi connectivity index (χ1v) is 4.87. The van der Waals surface area contributed by atoms with E-state index in [0.29, 0.717) is 18.4 Å². The molecule has 0 aliphatic heterocycles. The lowest BCUT2D eigenvalue weighted by atomic mass is 9.86. The Morgan fingerprint density at radius 3 is 1.92 bits per heavy atom. The summed E-state index contributed by atoms with van der Waals surface area (Å²) in [5, 5.41) is 9.77. The van der Waals surface area contributed by atoms with Gasteiger partial charge in [-0.2, -0.15) is 0 Å². The van der Waals surface area contributed by atoms with E-state index in [9.17, 15) is 5.11 Å². The summed E-state index contributed by atoms with van der Waals surface area (Å²) in [6.07, 6.45) is 0.634. The molecule has 12 heavy (non-hydrogen) atoms. The smallest absolute Gasteiger partial charge is 0.0585 e. The van der Waals surface area contributed by atoms with Gasteiger partial charge in [-0.05, 0) is 30.7 Å². The first-order chi connectivity index (χ1) is 5.49. The van der Waals surface area contributed by atoms with Crippen LogP contribution < -0.4 is 5.73 Å². The van der Waals surface area contributed by atoms with Crippen molar-refractivity contribution in [2.75, 3.05) is 6.54 Å². The summed E-state index contributed by atoms with van der Waals surface area (Å²) in [5.41, 5.74) is 5.59. The fourth-order valence-corrected chi connectivity index (χ4v) is 1.53. The van der Waals surface area contributed by atoms with Gasteiger partial charge in [-0.15, -0.1) is 0 Å². The summed E-state index contributed by atoms with van der Waals surface area (Å²) in [4.78, 5) is 0. The van der Waals surface area contributed by atoms with Crippen molar-refractivity contribution in [3.8, 4) is 0 Å². The monoisotopic (exact) mass is 173 g/mol. The van der Waals surface area contributed by atoms with Crippen molar-refractivity contribution in [2.24, 2.45) is 23.5 Å². The van der Waals surface area contributed by atoms with E-state index in [4.69, 9.17) is 5.73 Å². The van der Waals surface area contributed by atoms with Crippen LogP contribution >= 0.6 is 0 Å². The van der Waals surface area contributed by atoms with Gasteiger partial charge in [0.15, 0.2) is 0 Å². The molecule has 0 aromatic rings. The summed E-state index contributed by atoms with van der Waals surface area (Å²) in [6, 6.07) is 0. The Bertz CT molecular complexity index is 112. The Morgan fingerprint density at radius 2 is 1.67 bits per heavy atom. The number of aliphatic hydroxyl groups excluding tert-OH is 1. The van der Waals surface area contributed by atoms with Gasteiger partial charge in [0, 0.05) is 0 Å². The molecule has 0 aliphatic rings. The van der Waals surface area contributed by atoms with E-state index in [2.05, 4.69) is 27.7 Å². The Kier molecular flexibility index (Phi) is 5.51. The lowest BCUT2D eigenvalue weighted by Gasteiger charge is -2.26. The van der Waals surface area contributed by atoms with Gasteiger partial charge in [-0.3, -0.25) is 0 Å². The molecule has 0 amide bonds. The number of nitrogens with two attached hydrogens (primary N) is 1. The maximum absolute atomic E-state index is 9.77. The SMILES string of the molecule is CC(C)CC(O)C(CN)C(C)C. The minimum atomic E-state index is -0.227. The Hall–Kier alpha value is -0.0800. The van der Waals surface area contributed by atoms with E-state index >= 15 is 0 Å². The molecule has 0 fully saturated rings. The highest BCUT2D eigenvalue weighted by molar-refractivity contribution is 4.73. The Labute approximate surface area is 76.2 Å². The van der Waals surface area contributed by atoms with Crippen molar-refractivity contribution in [3.05, 3.63) is 0 Å². The van der Waals surface area contributed by atoms with Crippen LogP contribution in [0, 0.1) is 17.8 Å². The second kappa shape index (κ2) is 5.55. The van der Waals surface area contributed by atoms with E-state index in [1.54, 1.807) is 0 Å². The normalized spacial score (nSPS) is 17.0. The van der Waals surface area contributed by atoms with Gasteiger partial charge in [-0.1, -0.05) is 27.7 Å². The van der Waals surface area contributed by atoms with E-state index in [1.807, 2.05) is 0 Å². The lowest BCUT2D eigenvalue weighted by molar-refractivity contribution is 0.0674. The van der Waals surface area contributed by atoms with E-state index in [0.717, 1.165) is 6.42 Å². The maximum Gasteiger partial charge on any atom is 0.0585 e. The van der Waals surface area contributed by atoms with Crippen molar-refractivity contribution in [1.29, 1.82) is 0 Å². The quantitative estimate of drug-likeness (QED) is 0.663. The van der Waals surface area contributed by atoms with Crippen molar-refractivity contribution in [2.45, 2.75) is 40.2 Å². The largest absolute Gasteiger partial charge is 0.393 e. The molecule has 0 spiro atoms. The molecule has 0 saturated carbocycles. The Morgan fingerprint density at radius 1 is 1.17 bits per heavy atom. The van der Waals surface area contributed by atoms with Crippen molar-refractivity contribution < 1.29 is 5.11 Å². The van der Waals surface area contributed by atoms with Crippen LogP contribution in [0.5, 0.6) is 0 Å². The summed E-state index contributed by atoms with van der Waals surface area (Å²) >= 11 is 0. The molecule has 3 N–H and O–H groups in total. The number of rotatable bonds is 5. The summed E-state index contributed by atoms with van der Waals surface area (Å²) in [7, 11) is 0. The molecule has 74 valence electrons. The fraction of sp³-hybridized carbons (Fsp3) is 1.00. The van der Waals surface area contributed by atoms with Crippen LogP contribution in [0.3, 0.4) is 0 Å². The first-order valence-electron chi connectivity index (χ1n) is 4.87. The van der Waals surface area contributed by atoms with Crippen LogP contribution in [0.2, 0.25) is 0 Å². The van der Waals surface area contributed by atoms with Gasteiger partial charge < -0.3 is 10.8 Å². The topological polar surface area (TPSA) is 46.2 Å². The predicted octanol–water partition coefficient (Wildman–Crippen LogP) is 1.62. The molecule has 2 nitrogen and oxygen atoms in total. The zero-order valence-corrected chi connectivity index (χ0v) is 8.75. The number of hydrogen-bond donors (Lipinski definition) is 2. The molecule has 0 aromatic carbocycles. The van der Waals surface area contributed by atoms with Gasteiger partial charge in [0.2, 0.25) is 0 Å². The molecule has 0 radical (unpaired) electrons. The molecule has 0 saturated heterocycles. The minimum absolute atomic E-state index is 0.227. The maximum atomic E-state index is 9.77. The van der Waals surface area contributed by atoms with Crippen LogP contribution in [-0.4, -0.2) is 17.8 Å². The van der Waals surface area contributed by atoms with E-state index in [1.165, 1.54) is 0 Å². The third-order valence-electron chi connectivity index (χ3n) is 2.34. The molecule has 0 aliphatic carbocycles. The van der Waals surface area contributed by atoms with Crippen LogP contribution in [0.4, 0.5) is 0 Å². The highest BCUT2D eigenvalue weighted by Gasteiger charge is 2.21. The molecule has 0 rings (SSSR count). The van der Waals surface area contributed by atoms with Crippen LogP contribution in [0.25, 0.3) is 0 Å². The van der Waals surface area contributed by atoms with Gasteiger partial charge in [0.25, 0.3) is 0 Å². The first kappa shape index (κ1) is 11.9. The van der Waals surface area contributed by atoms with Gasteiger partial charge >= 0.3 is 0 Å². The fourth-order valence-electron chi connectivity index (χ4n) is 1.53. The van der Waals surface area contributed by atoms with Gasteiger partial charge in [-0.25, -0.2) is 0 Å². The van der Waals surface area contributed by atoms with Crippen LogP contribution in [-0.2, 0) is 0 Å². The zero-order valence-electron chi connectivity index (χ0n) is 8.75. The third kappa shape index (κ3) is 4.07. The van der Waals surface area contributed by atoms with E-state index < -0.39 is 0 Å². The summed E-state index contributed by atoms with van der Waals surface area (Å²) in [5.74, 6) is 1.28. The molecule has 2 unspecified atom stereocenters. The Balaban J connectivity index is 3.94. The third-order valence-corrected chi connectivity index (χ3v) is 2.34. The predicted molar refractivity (Wildman–Crippen MR) is 52.8 cm³/mol. The summed E-state index contributed by atoms with van der Waals surface area (Å²) < 4.78 is 0. The number of aliphatic hydroxyl groups is 1. The minimum Gasteiger partial charge on any atom is -0.393 e. The van der Waals surface area contributed by atoms with Crippen molar-refractivity contribution in [3.63, 3.8) is 0 Å². The zero-order chi connectivity index (χ0) is 9.72. The molecule has 0 bridgehead atoms. The molecular weight excluding hydrogens is 150 g/mol. The van der Waals surface area contributed by atoms with Crippen LogP contribution in [0.1, 0.15) is 34.1 Å². The second-order valence-corrected chi connectivity index (χ2v) is 4.34. The van der Waals surface area contributed by atoms with Crippen molar-refractivity contribution >= 4 is 0 Å². The second-order valence-electron chi connectivity index (χ2n) is 4.34. The highest BCUT2D eigenvalue weighted by Crippen LogP contribution is 2.19. The van der Waals surface area contributed by atoms with E-state index in [-0.39, 0.29) is 12.0 Å². The average molecular weight is 173 g/mol. The highest BCUT2D eigenvalue weighted by atomic mass is 16.3.